The highest BCUT2D eigenvalue weighted by Crippen LogP contribution is 2.52. The molecule has 0 amide bonds. The minimum atomic E-state index is -0.0208. The highest BCUT2D eigenvalue weighted by Gasteiger charge is 2.47. The molecule has 0 saturated carbocycles. The van der Waals surface area contributed by atoms with E-state index in [1.807, 2.05) is 20.2 Å². The van der Waals surface area contributed by atoms with Gasteiger partial charge in [0.05, 0.1) is 5.69 Å². The Hall–Kier alpha value is -1.64. The van der Waals surface area contributed by atoms with Crippen LogP contribution in [0.3, 0.4) is 0 Å². The first-order valence-electron chi connectivity index (χ1n) is 6.74. The van der Waals surface area contributed by atoms with Gasteiger partial charge in [0.1, 0.15) is 6.33 Å². The zero-order valence-corrected chi connectivity index (χ0v) is 12.7. The van der Waals surface area contributed by atoms with Crippen molar-refractivity contribution < 1.29 is 0 Å². The van der Waals surface area contributed by atoms with Crippen molar-refractivity contribution >= 4 is 5.57 Å². The minimum absolute atomic E-state index is 0.00565. The Bertz CT molecular complexity index is 551. The van der Waals surface area contributed by atoms with Crippen LogP contribution >= 0.6 is 0 Å². The van der Waals surface area contributed by atoms with E-state index in [2.05, 4.69) is 55.1 Å². The fourth-order valence-electron chi connectivity index (χ4n) is 2.88. The molecule has 0 unspecified atom stereocenters. The van der Waals surface area contributed by atoms with Gasteiger partial charge in [0.25, 0.3) is 0 Å². The van der Waals surface area contributed by atoms with Crippen LogP contribution < -0.4 is 5.32 Å². The molecule has 1 aliphatic rings. The van der Waals surface area contributed by atoms with Gasteiger partial charge in [0.15, 0.2) is 0 Å². The molecule has 3 nitrogen and oxygen atoms in total. The van der Waals surface area contributed by atoms with Gasteiger partial charge in [-0.15, -0.1) is 0 Å². The maximum atomic E-state index is 4.52. The number of aromatic nitrogens is 2. The summed E-state index contributed by atoms with van der Waals surface area (Å²) in [6.45, 7) is 11.1. The molecule has 0 aromatic carbocycles. The van der Waals surface area contributed by atoms with Gasteiger partial charge < -0.3 is 5.32 Å². The van der Waals surface area contributed by atoms with Gasteiger partial charge in [-0.25, -0.2) is 9.97 Å². The molecule has 3 heteroatoms. The molecule has 1 aromatic rings. The van der Waals surface area contributed by atoms with E-state index in [-0.39, 0.29) is 10.8 Å². The molecule has 0 spiro atoms. The fraction of sp³-hybridized carbons (Fsp3) is 0.500. The number of nitrogens with one attached hydrogen (secondary N) is 1. The normalized spacial score (nSPS) is 20.5. The largest absolute Gasteiger partial charge is 0.390 e. The summed E-state index contributed by atoms with van der Waals surface area (Å²) in [5.41, 5.74) is 4.64. The Morgan fingerprint density at radius 2 is 1.84 bits per heavy atom. The van der Waals surface area contributed by atoms with Crippen molar-refractivity contribution in [3.8, 4) is 0 Å². The van der Waals surface area contributed by atoms with Crippen LogP contribution in [0.2, 0.25) is 0 Å². The molecule has 1 heterocycles. The number of fused-ring (bicyclic) bond motifs is 1. The van der Waals surface area contributed by atoms with E-state index in [9.17, 15) is 0 Å². The van der Waals surface area contributed by atoms with E-state index in [4.69, 9.17) is 0 Å². The van der Waals surface area contributed by atoms with Crippen LogP contribution in [-0.2, 0) is 5.41 Å². The second-order valence-electron chi connectivity index (χ2n) is 6.07. The quantitative estimate of drug-likeness (QED) is 0.883. The Kier molecular flexibility index (Phi) is 3.25. The Morgan fingerprint density at radius 3 is 2.42 bits per heavy atom. The predicted octanol–water partition coefficient (Wildman–Crippen LogP) is 3.30. The zero-order chi connectivity index (χ0) is 14.3. The smallest absolute Gasteiger partial charge is 0.116 e. The molecule has 0 saturated heterocycles. The summed E-state index contributed by atoms with van der Waals surface area (Å²) >= 11 is 0. The SMILES string of the molecule is C/C=C\C1=C(NC)C(C)(C)C(C)(C)c2cncnc21. The van der Waals surface area contributed by atoms with Gasteiger partial charge >= 0.3 is 0 Å². The molecule has 1 aromatic heterocycles. The third-order valence-electron chi connectivity index (χ3n) is 4.68. The van der Waals surface area contributed by atoms with Crippen LogP contribution in [0.15, 0.2) is 30.4 Å². The maximum absolute atomic E-state index is 4.52. The van der Waals surface area contributed by atoms with E-state index in [0.29, 0.717) is 0 Å². The number of nitrogens with zero attached hydrogens (tertiary/aromatic N) is 2. The average Bonchev–Trinajstić information content (AvgIpc) is 2.37. The lowest BCUT2D eigenvalue weighted by atomic mass is 9.58. The van der Waals surface area contributed by atoms with Crippen LogP contribution in [0, 0.1) is 5.41 Å². The van der Waals surface area contributed by atoms with Crippen molar-refractivity contribution in [3.63, 3.8) is 0 Å². The van der Waals surface area contributed by atoms with Crippen LogP contribution in [0.1, 0.15) is 45.9 Å². The molecule has 0 bridgehead atoms. The lowest BCUT2D eigenvalue weighted by molar-refractivity contribution is 0.232. The molecule has 1 N–H and O–H groups in total. The molecular formula is C16H23N3. The van der Waals surface area contributed by atoms with E-state index in [1.165, 1.54) is 16.8 Å². The minimum Gasteiger partial charge on any atom is -0.390 e. The second kappa shape index (κ2) is 4.48. The molecule has 0 atom stereocenters. The highest BCUT2D eigenvalue weighted by molar-refractivity contribution is 5.80. The van der Waals surface area contributed by atoms with E-state index in [0.717, 1.165) is 5.69 Å². The van der Waals surface area contributed by atoms with Gasteiger partial charge in [-0.3, -0.25) is 0 Å². The van der Waals surface area contributed by atoms with E-state index < -0.39 is 0 Å². The monoisotopic (exact) mass is 257 g/mol. The molecule has 19 heavy (non-hydrogen) atoms. The topological polar surface area (TPSA) is 37.8 Å². The molecule has 0 radical (unpaired) electrons. The summed E-state index contributed by atoms with van der Waals surface area (Å²) in [6.07, 6.45) is 7.78. The molecule has 1 aliphatic carbocycles. The number of hydrogen-bond acceptors (Lipinski definition) is 3. The first kappa shape index (κ1) is 13.8. The molecule has 102 valence electrons. The molecule has 2 rings (SSSR count). The maximum Gasteiger partial charge on any atom is 0.116 e. The first-order valence-corrected chi connectivity index (χ1v) is 6.74. The van der Waals surface area contributed by atoms with E-state index >= 15 is 0 Å². The standard InChI is InChI=1S/C16H23N3/c1-7-8-11-13-12(9-18-10-19-13)15(2,3)16(4,5)14(11)17-6/h7-10,17H,1-6H3/b8-7-. The van der Waals surface area contributed by atoms with Gasteiger partial charge in [-0.1, -0.05) is 39.8 Å². The fourth-order valence-corrected chi connectivity index (χ4v) is 2.88. The number of allylic oxidation sites excluding steroid dienone is 4. The molecule has 0 fully saturated rings. The number of rotatable bonds is 2. The number of hydrogen-bond donors (Lipinski definition) is 1. The lowest BCUT2D eigenvalue weighted by Crippen LogP contribution is -2.45. The Balaban J connectivity index is 2.85. The van der Waals surface area contributed by atoms with Gasteiger partial charge in [-0.2, -0.15) is 0 Å². The van der Waals surface area contributed by atoms with Crippen molar-refractivity contribution in [3.05, 3.63) is 41.6 Å². The van der Waals surface area contributed by atoms with E-state index in [1.54, 1.807) is 6.33 Å². The summed E-state index contributed by atoms with van der Waals surface area (Å²) < 4.78 is 0. The van der Waals surface area contributed by atoms with Crippen molar-refractivity contribution in [2.45, 2.75) is 40.0 Å². The van der Waals surface area contributed by atoms with Crippen LogP contribution in [0.5, 0.6) is 0 Å². The summed E-state index contributed by atoms with van der Waals surface area (Å²) in [5, 5.41) is 3.39. The predicted molar refractivity (Wildman–Crippen MR) is 79.6 cm³/mol. The third kappa shape index (κ3) is 1.79. The zero-order valence-electron chi connectivity index (χ0n) is 12.7. The van der Waals surface area contributed by atoms with Crippen LogP contribution in [-0.4, -0.2) is 17.0 Å². The van der Waals surface area contributed by atoms with Crippen LogP contribution in [0.25, 0.3) is 5.57 Å². The summed E-state index contributed by atoms with van der Waals surface area (Å²) in [4.78, 5) is 8.74. The molecular weight excluding hydrogens is 234 g/mol. The van der Waals surface area contributed by atoms with Crippen molar-refractivity contribution in [1.29, 1.82) is 0 Å². The lowest BCUT2D eigenvalue weighted by Gasteiger charge is -2.48. The first-order chi connectivity index (χ1) is 8.87. The third-order valence-corrected chi connectivity index (χ3v) is 4.68. The summed E-state index contributed by atoms with van der Waals surface area (Å²) in [6, 6.07) is 0. The van der Waals surface area contributed by atoms with Gasteiger partial charge in [-0.05, 0) is 6.92 Å². The average molecular weight is 257 g/mol. The second-order valence-corrected chi connectivity index (χ2v) is 6.07. The summed E-state index contributed by atoms with van der Waals surface area (Å²) in [7, 11) is 1.99. The molecule has 0 aliphatic heterocycles. The Labute approximate surface area is 115 Å². The van der Waals surface area contributed by atoms with Crippen molar-refractivity contribution in [1.82, 2.24) is 15.3 Å². The van der Waals surface area contributed by atoms with Crippen LogP contribution in [0.4, 0.5) is 0 Å². The van der Waals surface area contributed by atoms with Crippen molar-refractivity contribution in [2.24, 2.45) is 5.41 Å². The highest BCUT2D eigenvalue weighted by atomic mass is 14.9. The Morgan fingerprint density at radius 1 is 1.16 bits per heavy atom. The van der Waals surface area contributed by atoms with Crippen molar-refractivity contribution in [2.75, 3.05) is 7.05 Å². The van der Waals surface area contributed by atoms with Gasteiger partial charge in [0, 0.05) is 40.9 Å². The van der Waals surface area contributed by atoms with Gasteiger partial charge in [0.2, 0.25) is 0 Å². The summed E-state index contributed by atoms with van der Waals surface area (Å²) in [5.74, 6) is 0.